The molecule has 0 aromatic carbocycles. The minimum atomic E-state index is 0.268. The van der Waals surface area contributed by atoms with Gasteiger partial charge in [-0.2, -0.15) is 0 Å². The van der Waals surface area contributed by atoms with E-state index in [9.17, 15) is 0 Å². The molecule has 25 heavy (non-hydrogen) atoms. The lowest BCUT2D eigenvalue weighted by atomic mass is 9.59. The van der Waals surface area contributed by atoms with Crippen molar-refractivity contribution in [2.75, 3.05) is 26.4 Å². The molecule has 2 fully saturated rings. The molecule has 0 N–H and O–H groups in total. The summed E-state index contributed by atoms with van der Waals surface area (Å²) >= 11 is 0. The Morgan fingerprint density at radius 1 is 0.640 bits per heavy atom. The third-order valence-corrected chi connectivity index (χ3v) is 6.48. The maximum absolute atomic E-state index is 6.34. The first-order valence-electron chi connectivity index (χ1n) is 11.2. The van der Waals surface area contributed by atoms with E-state index in [0.717, 1.165) is 38.3 Å². The Balaban J connectivity index is 2.14. The van der Waals surface area contributed by atoms with Gasteiger partial charge in [0.1, 0.15) is 0 Å². The summed E-state index contributed by atoms with van der Waals surface area (Å²) in [6.07, 6.45) is 14.1. The highest BCUT2D eigenvalue weighted by Gasteiger charge is 2.46. The molecule has 0 aromatic rings. The zero-order chi connectivity index (χ0) is 18.1. The van der Waals surface area contributed by atoms with Gasteiger partial charge in [-0.25, -0.2) is 0 Å². The monoisotopic (exact) mass is 352 g/mol. The van der Waals surface area contributed by atoms with E-state index < -0.39 is 0 Å². The van der Waals surface area contributed by atoms with Crippen molar-refractivity contribution in [3.8, 4) is 0 Å². The molecule has 2 aliphatic carbocycles. The molecule has 148 valence electrons. The summed E-state index contributed by atoms with van der Waals surface area (Å²) in [6.45, 7) is 12.7. The Bertz CT molecular complexity index is 304. The second-order valence-electron chi connectivity index (χ2n) is 9.72. The molecule has 0 bridgehead atoms. The van der Waals surface area contributed by atoms with Gasteiger partial charge in [0, 0.05) is 18.6 Å². The van der Waals surface area contributed by atoms with Crippen LogP contribution >= 0.6 is 0 Å². The fraction of sp³-hybridized carbons (Fsp3) is 1.00. The van der Waals surface area contributed by atoms with Crippen LogP contribution < -0.4 is 0 Å². The van der Waals surface area contributed by atoms with E-state index in [4.69, 9.17) is 9.47 Å². The summed E-state index contributed by atoms with van der Waals surface area (Å²) in [7, 11) is 0. The van der Waals surface area contributed by atoms with E-state index in [2.05, 4.69) is 27.7 Å². The van der Waals surface area contributed by atoms with Crippen molar-refractivity contribution in [1.29, 1.82) is 0 Å². The summed E-state index contributed by atoms with van der Waals surface area (Å²) in [5.41, 5.74) is 0.268. The van der Waals surface area contributed by atoms with Crippen LogP contribution in [-0.2, 0) is 9.47 Å². The van der Waals surface area contributed by atoms with E-state index >= 15 is 0 Å². The Morgan fingerprint density at radius 3 is 1.32 bits per heavy atom. The lowest BCUT2D eigenvalue weighted by Crippen LogP contribution is -2.48. The SMILES string of the molecule is CC(C)COCC(COCC(C)C)(C1CCCCC1)C1CCCCC1. The predicted molar refractivity (Wildman–Crippen MR) is 107 cm³/mol. The Hall–Kier alpha value is -0.0800. The fourth-order valence-electron chi connectivity index (χ4n) is 5.17. The molecule has 0 heterocycles. The van der Waals surface area contributed by atoms with E-state index in [0.29, 0.717) is 11.8 Å². The molecule has 0 unspecified atom stereocenters. The average Bonchev–Trinajstić information content (AvgIpc) is 2.61. The van der Waals surface area contributed by atoms with Crippen LogP contribution in [0.3, 0.4) is 0 Å². The molecule has 2 saturated carbocycles. The second kappa shape index (κ2) is 10.9. The summed E-state index contributed by atoms with van der Waals surface area (Å²) < 4.78 is 12.7. The van der Waals surface area contributed by atoms with Crippen LogP contribution in [0.15, 0.2) is 0 Å². The van der Waals surface area contributed by atoms with Crippen molar-refractivity contribution in [3.05, 3.63) is 0 Å². The zero-order valence-electron chi connectivity index (χ0n) is 17.5. The molecule has 0 aromatic heterocycles. The van der Waals surface area contributed by atoms with E-state index in [-0.39, 0.29) is 5.41 Å². The normalized spacial score (nSPS) is 21.4. The van der Waals surface area contributed by atoms with Crippen molar-refractivity contribution < 1.29 is 9.47 Å². The summed E-state index contributed by atoms with van der Waals surface area (Å²) in [5, 5.41) is 0. The van der Waals surface area contributed by atoms with Crippen molar-refractivity contribution in [2.24, 2.45) is 29.1 Å². The molecule has 2 aliphatic rings. The van der Waals surface area contributed by atoms with Crippen LogP contribution in [0.1, 0.15) is 91.9 Å². The van der Waals surface area contributed by atoms with Gasteiger partial charge in [-0.15, -0.1) is 0 Å². The number of hydrogen-bond acceptors (Lipinski definition) is 2. The molecular weight excluding hydrogens is 308 g/mol. The van der Waals surface area contributed by atoms with Gasteiger partial charge in [0.25, 0.3) is 0 Å². The van der Waals surface area contributed by atoms with E-state index in [1.807, 2.05) is 0 Å². The topological polar surface area (TPSA) is 18.5 Å². The van der Waals surface area contributed by atoms with Gasteiger partial charge in [0.2, 0.25) is 0 Å². The highest BCUT2D eigenvalue weighted by Crippen LogP contribution is 2.49. The van der Waals surface area contributed by atoms with Crippen molar-refractivity contribution in [3.63, 3.8) is 0 Å². The molecule has 0 aliphatic heterocycles. The van der Waals surface area contributed by atoms with Crippen LogP contribution in [0, 0.1) is 29.1 Å². The Labute approximate surface area is 157 Å². The quantitative estimate of drug-likeness (QED) is 0.448. The molecule has 2 nitrogen and oxygen atoms in total. The number of rotatable bonds is 10. The third-order valence-electron chi connectivity index (χ3n) is 6.48. The van der Waals surface area contributed by atoms with Crippen molar-refractivity contribution >= 4 is 0 Å². The minimum Gasteiger partial charge on any atom is -0.380 e. The van der Waals surface area contributed by atoms with Gasteiger partial charge in [-0.1, -0.05) is 66.2 Å². The molecule has 2 rings (SSSR count). The molecule has 0 atom stereocenters. The smallest absolute Gasteiger partial charge is 0.0549 e. The standard InChI is InChI=1S/C23H44O2/c1-19(2)15-24-17-23(18-25-16-20(3)4,21-11-7-5-8-12-21)22-13-9-6-10-14-22/h19-22H,5-18H2,1-4H3. The van der Waals surface area contributed by atoms with Crippen LogP contribution in [0.4, 0.5) is 0 Å². The summed E-state index contributed by atoms with van der Waals surface area (Å²) in [4.78, 5) is 0. The van der Waals surface area contributed by atoms with E-state index in [1.54, 1.807) is 0 Å². The van der Waals surface area contributed by atoms with Crippen LogP contribution in [0.5, 0.6) is 0 Å². The molecule has 0 spiro atoms. The van der Waals surface area contributed by atoms with Crippen molar-refractivity contribution in [1.82, 2.24) is 0 Å². The highest BCUT2D eigenvalue weighted by atomic mass is 16.5. The first-order chi connectivity index (χ1) is 12.0. The largest absolute Gasteiger partial charge is 0.380 e. The Morgan fingerprint density at radius 2 is 1.00 bits per heavy atom. The van der Waals surface area contributed by atoms with Crippen LogP contribution in [0.2, 0.25) is 0 Å². The van der Waals surface area contributed by atoms with Gasteiger partial charge >= 0.3 is 0 Å². The first kappa shape index (κ1) is 21.2. The summed E-state index contributed by atoms with van der Waals surface area (Å²) in [6, 6.07) is 0. The summed E-state index contributed by atoms with van der Waals surface area (Å²) in [5.74, 6) is 2.85. The lowest BCUT2D eigenvalue weighted by Gasteiger charge is -2.49. The van der Waals surface area contributed by atoms with Gasteiger partial charge in [-0.3, -0.25) is 0 Å². The predicted octanol–water partition coefficient (Wildman–Crippen LogP) is 6.48. The zero-order valence-corrected chi connectivity index (χ0v) is 17.5. The van der Waals surface area contributed by atoms with Gasteiger partial charge < -0.3 is 9.47 Å². The average molecular weight is 353 g/mol. The van der Waals surface area contributed by atoms with Gasteiger partial charge in [0.15, 0.2) is 0 Å². The maximum atomic E-state index is 6.34. The highest BCUT2D eigenvalue weighted by molar-refractivity contribution is 4.95. The molecule has 0 amide bonds. The number of ether oxygens (including phenoxy) is 2. The second-order valence-corrected chi connectivity index (χ2v) is 9.72. The van der Waals surface area contributed by atoms with Crippen molar-refractivity contribution in [2.45, 2.75) is 91.9 Å². The minimum absolute atomic E-state index is 0.268. The lowest BCUT2D eigenvalue weighted by molar-refractivity contribution is -0.112. The van der Waals surface area contributed by atoms with Gasteiger partial charge in [0.05, 0.1) is 13.2 Å². The number of hydrogen-bond donors (Lipinski definition) is 0. The molecular formula is C23H44O2. The molecule has 0 saturated heterocycles. The first-order valence-corrected chi connectivity index (χ1v) is 11.2. The fourth-order valence-corrected chi connectivity index (χ4v) is 5.17. The van der Waals surface area contributed by atoms with Crippen LogP contribution in [-0.4, -0.2) is 26.4 Å². The maximum Gasteiger partial charge on any atom is 0.0549 e. The van der Waals surface area contributed by atoms with Crippen LogP contribution in [0.25, 0.3) is 0 Å². The van der Waals surface area contributed by atoms with E-state index in [1.165, 1.54) is 64.2 Å². The molecule has 2 heteroatoms. The Kier molecular flexibility index (Phi) is 9.27. The van der Waals surface area contributed by atoms with Gasteiger partial charge in [-0.05, 0) is 49.4 Å². The molecule has 0 radical (unpaired) electrons. The third kappa shape index (κ3) is 6.54.